The minimum atomic E-state index is -1.08. The van der Waals surface area contributed by atoms with E-state index in [1.54, 1.807) is 0 Å². The van der Waals surface area contributed by atoms with E-state index in [9.17, 15) is 5.11 Å². The van der Waals surface area contributed by atoms with Crippen molar-refractivity contribution in [1.82, 2.24) is 15.6 Å². The van der Waals surface area contributed by atoms with Crippen LogP contribution in [0.15, 0.2) is 29.5 Å². The Labute approximate surface area is 199 Å². The maximum Gasteiger partial charge on any atom is 0.189 e. The normalized spacial score (nSPS) is 22.4. The Kier molecular flexibility index (Phi) is 5.03. The third-order valence-corrected chi connectivity index (χ3v) is 8.18. The smallest absolute Gasteiger partial charge is 0.189 e. The van der Waals surface area contributed by atoms with Gasteiger partial charge in [0.05, 0.1) is 16.3 Å². The summed E-state index contributed by atoms with van der Waals surface area (Å²) < 4.78 is 36.3. The number of pyridine rings is 1. The molecule has 3 aliphatic rings. The summed E-state index contributed by atoms with van der Waals surface area (Å²) in [6.45, 7) is 5.24. The summed E-state index contributed by atoms with van der Waals surface area (Å²) in [7, 11) is 0. The van der Waals surface area contributed by atoms with Crippen LogP contribution in [0.2, 0.25) is 0 Å². The average Bonchev–Trinajstić information content (AvgIpc) is 3.45. The molecule has 1 aromatic carbocycles. The standard InChI is InChI=1S/C24H25F2N5O2S/c1-10-3-4-13-20(27)22(34-24(13)29-10)23(32)30-12-5-14-15(25)6-17(19(26)21(14)33-9-12)31-8-16-11(2)18(31)7-28-16/h3-4,6,12,16,23,28,30,32H,5,7-9,27H2,1-2H3/t12-,16-,23?/m1/s1. The molecule has 0 saturated carbocycles. The molecule has 5 heterocycles. The number of ether oxygens (including phenoxy) is 1. The topological polar surface area (TPSA) is 95.7 Å². The van der Waals surface area contributed by atoms with Gasteiger partial charge >= 0.3 is 0 Å². The summed E-state index contributed by atoms with van der Waals surface area (Å²) in [6.07, 6.45) is -0.895. The highest BCUT2D eigenvalue weighted by atomic mass is 32.1. The van der Waals surface area contributed by atoms with E-state index in [1.807, 2.05) is 30.9 Å². The number of aromatic nitrogens is 1. The number of nitrogen functional groups attached to an aromatic ring is 1. The number of nitrogens with zero attached hydrogens (tertiary/aromatic N) is 2. The summed E-state index contributed by atoms with van der Waals surface area (Å²) >= 11 is 1.31. The first kappa shape index (κ1) is 21.7. The van der Waals surface area contributed by atoms with Gasteiger partial charge in [-0.15, -0.1) is 11.3 Å². The lowest BCUT2D eigenvalue weighted by Crippen LogP contribution is -2.43. The fourth-order valence-electron chi connectivity index (χ4n) is 5.13. The van der Waals surface area contributed by atoms with Crippen molar-refractivity contribution < 1.29 is 18.6 Å². The number of fused-ring (bicyclic) bond motifs is 3. The van der Waals surface area contributed by atoms with Gasteiger partial charge in [-0.05, 0) is 38.0 Å². The molecule has 3 aliphatic heterocycles. The fourth-order valence-corrected chi connectivity index (χ4v) is 6.22. The molecule has 0 fully saturated rings. The van der Waals surface area contributed by atoms with E-state index >= 15 is 8.78 Å². The van der Waals surface area contributed by atoms with E-state index in [1.165, 1.54) is 23.0 Å². The Bertz CT molecular complexity index is 1360. The zero-order chi connectivity index (χ0) is 23.7. The maximum atomic E-state index is 15.4. The number of hydrogen-bond donors (Lipinski definition) is 4. The molecule has 0 amide bonds. The molecule has 2 aromatic heterocycles. The number of halogens is 2. The lowest BCUT2D eigenvalue weighted by Gasteiger charge is -2.32. The van der Waals surface area contributed by atoms with Crippen LogP contribution in [-0.4, -0.2) is 41.9 Å². The van der Waals surface area contributed by atoms with Gasteiger partial charge in [0, 0.05) is 53.6 Å². The number of piperazine rings is 1. The number of benzene rings is 1. The summed E-state index contributed by atoms with van der Waals surface area (Å²) in [5.41, 5.74) is 10.1. The van der Waals surface area contributed by atoms with Gasteiger partial charge in [0.15, 0.2) is 11.6 Å². The predicted octanol–water partition coefficient (Wildman–Crippen LogP) is 3.12. The highest BCUT2D eigenvalue weighted by Crippen LogP contribution is 2.42. The highest BCUT2D eigenvalue weighted by Gasteiger charge is 2.38. The largest absolute Gasteiger partial charge is 0.488 e. The SMILES string of the molecule is CC1=C2CN[C@@H]1CN2c1cc(F)c2c(c1F)OC[C@H](NC(O)c1sc3nc(C)ccc3c1N)C2. The number of aliphatic hydroxyl groups excluding tert-OH is 1. The highest BCUT2D eigenvalue weighted by molar-refractivity contribution is 7.19. The second-order valence-electron chi connectivity index (χ2n) is 9.14. The fraction of sp³-hybridized carbons (Fsp3) is 0.375. The van der Waals surface area contributed by atoms with Gasteiger partial charge in [-0.3, -0.25) is 5.32 Å². The molecule has 0 saturated heterocycles. The molecule has 3 aromatic rings. The van der Waals surface area contributed by atoms with E-state index < -0.39 is 23.9 Å². The third kappa shape index (κ3) is 3.28. The van der Waals surface area contributed by atoms with Crippen LogP contribution in [0.25, 0.3) is 10.2 Å². The number of hydrogen-bond acceptors (Lipinski definition) is 8. The molecule has 5 N–H and O–H groups in total. The number of thiophene rings is 1. The zero-order valence-electron chi connectivity index (χ0n) is 18.8. The number of aliphatic hydroxyl groups is 1. The van der Waals surface area contributed by atoms with Crippen molar-refractivity contribution in [2.75, 3.05) is 30.3 Å². The van der Waals surface area contributed by atoms with Crippen molar-refractivity contribution in [3.63, 3.8) is 0 Å². The molecule has 34 heavy (non-hydrogen) atoms. The van der Waals surface area contributed by atoms with Gasteiger partial charge in [0.1, 0.15) is 23.5 Å². The Morgan fingerprint density at radius 1 is 1.35 bits per heavy atom. The number of aryl methyl sites for hydroxylation is 1. The minimum absolute atomic E-state index is 0.0439. The predicted molar refractivity (Wildman–Crippen MR) is 128 cm³/mol. The van der Waals surface area contributed by atoms with Crippen LogP contribution >= 0.6 is 11.3 Å². The van der Waals surface area contributed by atoms with Gasteiger partial charge in [-0.25, -0.2) is 13.8 Å². The zero-order valence-corrected chi connectivity index (χ0v) is 19.6. The van der Waals surface area contributed by atoms with Crippen molar-refractivity contribution in [1.29, 1.82) is 0 Å². The van der Waals surface area contributed by atoms with Gasteiger partial charge in [-0.2, -0.15) is 0 Å². The first-order valence-electron chi connectivity index (χ1n) is 11.3. The minimum Gasteiger partial charge on any atom is -0.488 e. The van der Waals surface area contributed by atoms with Gasteiger partial charge < -0.3 is 25.8 Å². The van der Waals surface area contributed by atoms with Crippen LogP contribution in [-0.2, 0) is 6.42 Å². The van der Waals surface area contributed by atoms with Crippen molar-refractivity contribution in [3.05, 3.63) is 57.2 Å². The van der Waals surface area contributed by atoms with Crippen LogP contribution in [0.1, 0.15) is 29.3 Å². The van der Waals surface area contributed by atoms with E-state index in [2.05, 4.69) is 15.6 Å². The molecule has 7 nitrogen and oxygen atoms in total. The molecule has 0 aliphatic carbocycles. The molecular formula is C24H25F2N5O2S. The van der Waals surface area contributed by atoms with Crippen LogP contribution in [0.5, 0.6) is 5.75 Å². The summed E-state index contributed by atoms with van der Waals surface area (Å²) in [5.74, 6) is -1.10. The number of nitrogens with one attached hydrogen (secondary N) is 2. The Hall–Kier alpha value is -2.79. The van der Waals surface area contributed by atoms with Crippen molar-refractivity contribution in [3.8, 4) is 5.75 Å². The van der Waals surface area contributed by atoms with Gasteiger partial charge in [0.25, 0.3) is 0 Å². The Balaban J connectivity index is 1.23. The summed E-state index contributed by atoms with van der Waals surface area (Å²) in [5, 5.41) is 18.0. The molecule has 10 heteroatoms. The monoisotopic (exact) mass is 485 g/mol. The number of anilines is 2. The van der Waals surface area contributed by atoms with Gasteiger partial charge in [-0.1, -0.05) is 0 Å². The third-order valence-electron chi connectivity index (χ3n) is 7.01. The van der Waals surface area contributed by atoms with Crippen molar-refractivity contribution in [2.45, 2.75) is 38.6 Å². The first-order chi connectivity index (χ1) is 16.3. The van der Waals surface area contributed by atoms with Crippen LogP contribution in [0, 0.1) is 18.6 Å². The van der Waals surface area contributed by atoms with Crippen LogP contribution in [0.4, 0.5) is 20.2 Å². The number of nitrogens with two attached hydrogens (primary N) is 1. The Morgan fingerprint density at radius 2 is 2.18 bits per heavy atom. The molecule has 0 spiro atoms. The quantitative estimate of drug-likeness (QED) is 0.422. The van der Waals surface area contributed by atoms with Gasteiger partial charge in [0.2, 0.25) is 0 Å². The second kappa shape index (κ2) is 7.88. The molecule has 1 unspecified atom stereocenters. The van der Waals surface area contributed by atoms with E-state index in [-0.39, 0.29) is 36.1 Å². The van der Waals surface area contributed by atoms with Crippen LogP contribution < -0.4 is 26.0 Å². The molecule has 178 valence electrons. The van der Waals surface area contributed by atoms with Crippen molar-refractivity contribution >= 4 is 32.9 Å². The lowest BCUT2D eigenvalue weighted by atomic mass is 10.00. The lowest BCUT2D eigenvalue weighted by molar-refractivity contribution is 0.104. The summed E-state index contributed by atoms with van der Waals surface area (Å²) in [6, 6.07) is 4.77. The van der Waals surface area contributed by atoms with Crippen molar-refractivity contribution in [2.24, 2.45) is 0 Å². The Morgan fingerprint density at radius 3 is 2.91 bits per heavy atom. The molecule has 6 rings (SSSR count). The molecule has 3 atom stereocenters. The molecular weight excluding hydrogens is 460 g/mol. The van der Waals surface area contributed by atoms with Crippen LogP contribution in [0.3, 0.4) is 0 Å². The molecule has 0 radical (unpaired) electrons. The maximum absolute atomic E-state index is 15.4. The van der Waals surface area contributed by atoms with E-state index in [4.69, 9.17) is 10.5 Å². The second-order valence-corrected chi connectivity index (χ2v) is 10.2. The van der Waals surface area contributed by atoms with E-state index in [0.29, 0.717) is 23.7 Å². The molecule has 2 bridgehead atoms. The number of rotatable bonds is 4. The summed E-state index contributed by atoms with van der Waals surface area (Å²) in [4.78, 5) is 7.60. The first-order valence-corrected chi connectivity index (χ1v) is 12.1. The van der Waals surface area contributed by atoms with E-state index in [0.717, 1.165) is 21.6 Å². The average molecular weight is 486 g/mol.